The highest BCUT2D eigenvalue weighted by molar-refractivity contribution is 8.76. The molecule has 8 nitrogen and oxygen atoms in total. The molecule has 0 spiro atoms. The first-order chi connectivity index (χ1) is 10.7. The van der Waals surface area contributed by atoms with Crippen LogP contribution in [0.25, 0.3) is 11.2 Å². The molecule has 120 valence electrons. The van der Waals surface area contributed by atoms with E-state index in [0.29, 0.717) is 17.0 Å². The summed E-state index contributed by atoms with van der Waals surface area (Å²) >= 11 is 0. The molecule has 22 heavy (non-hydrogen) atoms. The fraction of sp³-hybridized carbons (Fsp3) is 0.583. The molecule has 10 heteroatoms. The molecule has 1 aliphatic rings. The zero-order valence-electron chi connectivity index (χ0n) is 11.9. The Hall–Kier alpha value is -1.07. The summed E-state index contributed by atoms with van der Waals surface area (Å²) in [5.41, 5.74) is 6.85. The Morgan fingerprint density at radius 2 is 2.23 bits per heavy atom. The highest BCUT2D eigenvalue weighted by atomic mass is 33.1. The lowest BCUT2D eigenvalue weighted by molar-refractivity contribution is -0.0430. The largest absolute Gasteiger partial charge is 0.394 e. The first-order valence-corrected chi connectivity index (χ1v) is 9.21. The van der Waals surface area contributed by atoms with Gasteiger partial charge < -0.3 is 20.7 Å². The topological polar surface area (TPSA) is 119 Å². The highest BCUT2D eigenvalue weighted by Gasteiger charge is 2.45. The number of fused-ring (bicyclic) bond motifs is 1. The molecule has 0 aromatic carbocycles. The number of imidazole rings is 1. The van der Waals surface area contributed by atoms with Crippen LogP contribution in [0.3, 0.4) is 0 Å². The minimum atomic E-state index is -0.768. The molecule has 1 saturated heterocycles. The van der Waals surface area contributed by atoms with Crippen molar-refractivity contribution in [3.05, 3.63) is 12.7 Å². The van der Waals surface area contributed by atoms with Crippen LogP contribution in [-0.4, -0.2) is 59.5 Å². The standard InChI is InChI=1S/C12H17N5O3S2/c1-2-21-22-9-8(19)6(3-18)20-12(9)17-5-16-7-10(13)14-4-15-11(7)17/h4-6,8-9,12,18-19H,2-3H2,1H3,(H2,13,14,15)/t6-,8?,9?,12-/m1/s1. The lowest BCUT2D eigenvalue weighted by Crippen LogP contribution is -2.31. The van der Waals surface area contributed by atoms with Crippen molar-refractivity contribution in [2.75, 3.05) is 18.1 Å². The maximum atomic E-state index is 10.4. The number of nitrogens with two attached hydrogens (primary N) is 1. The quantitative estimate of drug-likeness (QED) is 0.664. The second kappa shape index (κ2) is 6.59. The molecule has 1 fully saturated rings. The molecule has 0 amide bonds. The maximum absolute atomic E-state index is 10.4. The summed E-state index contributed by atoms with van der Waals surface area (Å²) in [7, 11) is 3.17. The first kappa shape index (κ1) is 15.8. The van der Waals surface area contributed by atoms with Gasteiger partial charge in [-0.1, -0.05) is 28.5 Å². The van der Waals surface area contributed by atoms with Crippen molar-refractivity contribution in [3.63, 3.8) is 0 Å². The van der Waals surface area contributed by atoms with E-state index in [9.17, 15) is 10.2 Å². The van der Waals surface area contributed by atoms with Crippen LogP contribution in [0.1, 0.15) is 13.2 Å². The van der Waals surface area contributed by atoms with Gasteiger partial charge in [-0.25, -0.2) is 15.0 Å². The van der Waals surface area contributed by atoms with Gasteiger partial charge in [0.2, 0.25) is 0 Å². The molecule has 4 N–H and O–H groups in total. The Morgan fingerprint density at radius 3 is 2.95 bits per heavy atom. The molecule has 2 unspecified atom stereocenters. The summed E-state index contributed by atoms with van der Waals surface area (Å²) in [6.07, 6.45) is 1.08. The van der Waals surface area contributed by atoms with Crippen molar-refractivity contribution in [3.8, 4) is 0 Å². The molecule has 0 radical (unpaired) electrons. The van der Waals surface area contributed by atoms with E-state index in [2.05, 4.69) is 15.0 Å². The minimum Gasteiger partial charge on any atom is -0.394 e. The average molecular weight is 343 g/mol. The zero-order chi connectivity index (χ0) is 15.7. The molecule has 0 aliphatic carbocycles. The van der Waals surface area contributed by atoms with Gasteiger partial charge in [0.15, 0.2) is 17.7 Å². The normalized spacial score (nSPS) is 28.5. The maximum Gasteiger partial charge on any atom is 0.167 e. The van der Waals surface area contributed by atoms with Gasteiger partial charge in [0.1, 0.15) is 17.9 Å². The first-order valence-electron chi connectivity index (χ1n) is 6.83. The third kappa shape index (κ3) is 2.65. The smallest absolute Gasteiger partial charge is 0.167 e. The van der Waals surface area contributed by atoms with E-state index in [1.165, 1.54) is 17.1 Å². The van der Waals surface area contributed by atoms with Gasteiger partial charge in [-0.2, -0.15) is 0 Å². The predicted octanol–water partition coefficient (Wildman–Crippen LogP) is 0.429. The number of anilines is 1. The summed E-state index contributed by atoms with van der Waals surface area (Å²) in [6.45, 7) is 1.80. The molecule has 0 saturated carbocycles. The number of aliphatic hydroxyl groups is 2. The molecule has 2 aromatic rings. The van der Waals surface area contributed by atoms with Gasteiger partial charge >= 0.3 is 0 Å². The lowest BCUT2D eigenvalue weighted by atomic mass is 10.2. The van der Waals surface area contributed by atoms with Gasteiger partial charge in [0.05, 0.1) is 24.3 Å². The summed E-state index contributed by atoms with van der Waals surface area (Å²) in [5.74, 6) is 1.21. The number of nitrogens with zero attached hydrogens (tertiary/aromatic N) is 4. The molecule has 4 atom stereocenters. The number of ether oxygens (including phenoxy) is 1. The Balaban J connectivity index is 1.97. The summed E-state index contributed by atoms with van der Waals surface area (Å²) in [4.78, 5) is 12.3. The molecule has 2 aromatic heterocycles. The molecule has 3 rings (SSSR count). The fourth-order valence-corrected chi connectivity index (χ4v) is 4.78. The SMILES string of the molecule is CCSSC1C(O)[C@@H](CO)O[C@H]1n1cnc2c(N)ncnc21. The van der Waals surface area contributed by atoms with Crippen molar-refractivity contribution < 1.29 is 14.9 Å². The van der Waals surface area contributed by atoms with Gasteiger partial charge in [0, 0.05) is 5.75 Å². The number of aliphatic hydroxyl groups excluding tert-OH is 2. The van der Waals surface area contributed by atoms with E-state index < -0.39 is 18.4 Å². The van der Waals surface area contributed by atoms with E-state index in [0.717, 1.165) is 5.75 Å². The summed E-state index contributed by atoms with van der Waals surface area (Å²) in [5, 5.41) is 19.5. The van der Waals surface area contributed by atoms with Crippen molar-refractivity contribution in [1.29, 1.82) is 0 Å². The number of hydrogen-bond acceptors (Lipinski definition) is 9. The van der Waals surface area contributed by atoms with Crippen LogP contribution in [0.4, 0.5) is 5.82 Å². The zero-order valence-corrected chi connectivity index (χ0v) is 13.5. The Bertz CT molecular complexity index is 655. The van der Waals surface area contributed by atoms with E-state index in [4.69, 9.17) is 10.5 Å². The molecular weight excluding hydrogens is 326 g/mol. The number of hydrogen-bond donors (Lipinski definition) is 3. The fourth-order valence-electron chi connectivity index (χ4n) is 2.40. The van der Waals surface area contributed by atoms with E-state index in [1.54, 1.807) is 21.7 Å². The van der Waals surface area contributed by atoms with Crippen LogP contribution in [0, 0.1) is 0 Å². The van der Waals surface area contributed by atoms with E-state index in [-0.39, 0.29) is 11.9 Å². The van der Waals surface area contributed by atoms with Crippen LogP contribution in [0.15, 0.2) is 12.7 Å². The molecule has 0 bridgehead atoms. The Labute approximate surface area is 134 Å². The molecular formula is C12H17N5O3S2. The molecule has 3 heterocycles. The van der Waals surface area contributed by atoms with Crippen LogP contribution in [0.2, 0.25) is 0 Å². The Morgan fingerprint density at radius 1 is 1.41 bits per heavy atom. The monoisotopic (exact) mass is 343 g/mol. The highest BCUT2D eigenvalue weighted by Crippen LogP contribution is 2.43. The van der Waals surface area contributed by atoms with Crippen LogP contribution in [0.5, 0.6) is 0 Å². The van der Waals surface area contributed by atoms with Crippen LogP contribution >= 0.6 is 21.6 Å². The summed E-state index contributed by atoms with van der Waals surface area (Å²) < 4.78 is 7.55. The predicted molar refractivity (Wildman–Crippen MR) is 86.2 cm³/mol. The number of rotatable bonds is 5. The van der Waals surface area contributed by atoms with Crippen molar-refractivity contribution in [1.82, 2.24) is 19.5 Å². The third-order valence-electron chi connectivity index (χ3n) is 3.45. The summed E-state index contributed by atoms with van der Waals surface area (Å²) in [6, 6.07) is 0. The minimum absolute atomic E-state index is 0.240. The van der Waals surface area contributed by atoms with Crippen LogP contribution in [-0.2, 0) is 4.74 Å². The van der Waals surface area contributed by atoms with E-state index >= 15 is 0 Å². The van der Waals surface area contributed by atoms with Gasteiger partial charge in [-0.3, -0.25) is 4.57 Å². The van der Waals surface area contributed by atoms with E-state index in [1.807, 2.05) is 6.92 Å². The van der Waals surface area contributed by atoms with Gasteiger partial charge in [0.25, 0.3) is 0 Å². The number of aromatic nitrogens is 4. The average Bonchev–Trinajstić information content (AvgIpc) is 3.07. The van der Waals surface area contributed by atoms with Crippen molar-refractivity contribution in [2.24, 2.45) is 0 Å². The lowest BCUT2D eigenvalue weighted by Gasteiger charge is -2.20. The second-order valence-electron chi connectivity index (χ2n) is 4.79. The van der Waals surface area contributed by atoms with Crippen molar-refractivity contribution >= 4 is 38.6 Å². The molecule has 1 aliphatic heterocycles. The Kier molecular flexibility index (Phi) is 4.73. The van der Waals surface area contributed by atoms with Gasteiger partial charge in [-0.15, -0.1) is 0 Å². The number of nitrogen functional groups attached to an aromatic ring is 1. The van der Waals surface area contributed by atoms with Crippen molar-refractivity contribution in [2.45, 2.75) is 30.6 Å². The second-order valence-corrected chi connectivity index (χ2v) is 7.62. The van der Waals surface area contributed by atoms with Crippen LogP contribution < -0.4 is 5.73 Å². The third-order valence-corrected chi connectivity index (χ3v) is 6.34. The van der Waals surface area contributed by atoms with Gasteiger partial charge in [-0.05, 0) is 0 Å².